The molecule has 0 bridgehead atoms. The van der Waals surface area contributed by atoms with Gasteiger partial charge in [0.2, 0.25) is 5.60 Å². The maximum Gasteiger partial charge on any atom is 0.344 e. The number of hydrogen-bond donors (Lipinski definition) is 1. The molecule has 1 saturated heterocycles. The summed E-state index contributed by atoms with van der Waals surface area (Å²) < 4.78 is 5.25. The summed E-state index contributed by atoms with van der Waals surface area (Å²) in [7, 11) is 0. The first-order valence-corrected chi connectivity index (χ1v) is 4.97. The van der Waals surface area contributed by atoms with Crippen molar-refractivity contribution in [1.82, 2.24) is 0 Å². The van der Waals surface area contributed by atoms with Crippen LogP contribution >= 0.6 is 0 Å². The average Bonchev–Trinajstić information content (AvgIpc) is 1.95. The summed E-state index contributed by atoms with van der Waals surface area (Å²) in [6, 6.07) is 0. The van der Waals surface area contributed by atoms with E-state index in [2.05, 4.69) is 4.89 Å². The molecule has 0 spiro atoms. The van der Waals surface area contributed by atoms with E-state index in [9.17, 15) is 9.90 Å². The molecule has 1 aliphatic rings. The second-order valence-electron chi connectivity index (χ2n) is 4.78. The molecule has 0 saturated carbocycles. The van der Waals surface area contributed by atoms with Crippen LogP contribution in [0, 0.1) is 0 Å². The second-order valence-corrected chi connectivity index (χ2v) is 4.78. The second kappa shape index (κ2) is 4.08. The number of hydrogen-bond acceptors (Lipinski definition) is 5. The molecule has 15 heavy (non-hydrogen) atoms. The predicted molar refractivity (Wildman–Crippen MR) is 51.9 cm³/mol. The van der Waals surface area contributed by atoms with E-state index in [1.54, 1.807) is 27.7 Å². The SMILES string of the molecule is CC(O)CC(C)(C)OC(=O)C1(C)COO1. The van der Waals surface area contributed by atoms with Crippen LogP contribution in [-0.2, 0) is 19.3 Å². The van der Waals surface area contributed by atoms with E-state index in [1.165, 1.54) is 0 Å². The lowest BCUT2D eigenvalue weighted by atomic mass is 10.0. The van der Waals surface area contributed by atoms with Gasteiger partial charge in [-0.2, -0.15) is 0 Å². The monoisotopic (exact) mass is 218 g/mol. The summed E-state index contributed by atoms with van der Waals surface area (Å²) in [6.45, 7) is 6.97. The van der Waals surface area contributed by atoms with Crippen molar-refractivity contribution < 1.29 is 24.4 Å². The van der Waals surface area contributed by atoms with Gasteiger partial charge >= 0.3 is 5.97 Å². The lowest BCUT2D eigenvalue weighted by molar-refractivity contribution is -0.454. The minimum absolute atomic E-state index is 0.205. The Balaban J connectivity index is 2.49. The zero-order chi connectivity index (χ0) is 11.7. The van der Waals surface area contributed by atoms with Gasteiger partial charge in [-0.15, -0.1) is 0 Å². The van der Waals surface area contributed by atoms with Crippen LogP contribution in [0.1, 0.15) is 34.1 Å². The van der Waals surface area contributed by atoms with Crippen molar-refractivity contribution in [2.75, 3.05) is 6.61 Å². The van der Waals surface area contributed by atoms with Crippen LogP contribution in [-0.4, -0.2) is 35.0 Å². The van der Waals surface area contributed by atoms with Gasteiger partial charge in [-0.1, -0.05) is 0 Å². The van der Waals surface area contributed by atoms with Gasteiger partial charge < -0.3 is 9.84 Å². The van der Waals surface area contributed by atoms with E-state index >= 15 is 0 Å². The normalized spacial score (nSPS) is 28.1. The van der Waals surface area contributed by atoms with E-state index in [4.69, 9.17) is 9.62 Å². The van der Waals surface area contributed by atoms with Crippen LogP contribution in [0.15, 0.2) is 0 Å². The highest BCUT2D eigenvalue weighted by Gasteiger charge is 2.47. The molecule has 0 aromatic heterocycles. The van der Waals surface area contributed by atoms with Crippen molar-refractivity contribution in [2.24, 2.45) is 0 Å². The zero-order valence-electron chi connectivity index (χ0n) is 9.57. The first kappa shape index (κ1) is 12.4. The third-order valence-electron chi connectivity index (χ3n) is 2.16. The fourth-order valence-corrected chi connectivity index (χ4v) is 1.44. The minimum Gasteiger partial charge on any atom is -0.457 e. The fraction of sp³-hybridized carbons (Fsp3) is 0.900. The van der Waals surface area contributed by atoms with Gasteiger partial charge in [0, 0.05) is 6.42 Å². The first-order chi connectivity index (χ1) is 6.75. The van der Waals surface area contributed by atoms with E-state index < -0.39 is 23.3 Å². The Morgan fingerprint density at radius 2 is 2.20 bits per heavy atom. The van der Waals surface area contributed by atoms with E-state index in [1.807, 2.05) is 0 Å². The highest BCUT2D eigenvalue weighted by molar-refractivity contribution is 5.80. The predicted octanol–water partition coefficient (Wildman–Crippen LogP) is 0.800. The minimum atomic E-state index is -0.990. The molecule has 0 aromatic rings. The Labute approximate surface area is 89.2 Å². The number of aliphatic hydroxyl groups is 1. The maximum absolute atomic E-state index is 11.6. The number of carbonyl (C=O) groups excluding carboxylic acids is 1. The third kappa shape index (κ3) is 3.15. The largest absolute Gasteiger partial charge is 0.457 e. The van der Waals surface area contributed by atoms with Crippen LogP contribution in [0.4, 0.5) is 0 Å². The molecule has 1 rings (SSSR count). The molecule has 2 unspecified atom stereocenters. The number of carbonyl (C=O) groups is 1. The molecule has 2 atom stereocenters. The maximum atomic E-state index is 11.6. The highest BCUT2D eigenvalue weighted by atomic mass is 17.2. The molecule has 5 heteroatoms. The summed E-state index contributed by atoms with van der Waals surface area (Å²) in [4.78, 5) is 20.8. The molecular weight excluding hydrogens is 200 g/mol. The zero-order valence-corrected chi connectivity index (χ0v) is 9.57. The Morgan fingerprint density at radius 3 is 2.53 bits per heavy atom. The Hall–Kier alpha value is -0.650. The van der Waals surface area contributed by atoms with Gasteiger partial charge in [0.25, 0.3) is 0 Å². The van der Waals surface area contributed by atoms with Gasteiger partial charge in [0.15, 0.2) is 0 Å². The summed E-state index contributed by atoms with van der Waals surface area (Å²) in [5.41, 5.74) is -1.69. The Morgan fingerprint density at radius 1 is 1.67 bits per heavy atom. The van der Waals surface area contributed by atoms with Gasteiger partial charge in [0.1, 0.15) is 12.2 Å². The number of ether oxygens (including phenoxy) is 1. The molecule has 0 radical (unpaired) electrons. The Kier molecular flexibility index (Phi) is 3.38. The molecule has 0 aromatic carbocycles. The molecule has 0 aliphatic carbocycles. The van der Waals surface area contributed by atoms with E-state index in [-0.39, 0.29) is 6.61 Å². The van der Waals surface area contributed by atoms with E-state index in [0.717, 1.165) is 0 Å². The molecule has 0 amide bonds. The first-order valence-electron chi connectivity index (χ1n) is 4.97. The van der Waals surface area contributed by atoms with Gasteiger partial charge in [-0.3, -0.25) is 0 Å². The highest BCUT2D eigenvalue weighted by Crippen LogP contribution is 2.27. The molecular formula is C10H18O5. The average molecular weight is 218 g/mol. The molecule has 5 nitrogen and oxygen atoms in total. The summed E-state index contributed by atoms with van der Waals surface area (Å²) in [5.74, 6) is -0.459. The van der Waals surface area contributed by atoms with Crippen LogP contribution in [0.5, 0.6) is 0 Å². The summed E-state index contributed by atoms with van der Waals surface area (Å²) in [5, 5.41) is 9.23. The van der Waals surface area contributed by atoms with Crippen molar-refractivity contribution in [3.8, 4) is 0 Å². The standard InChI is InChI=1S/C10H18O5/c1-7(11)5-9(2,3)14-8(12)10(4)6-13-15-10/h7,11H,5-6H2,1-4H3. The molecule has 1 N–H and O–H groups in total. The molecule has 1 heterocycles. The molecule has 1 aliphatic heterocycles. The van der Waals surface area contributed by atoms with Crippen LogP contribution in [0.25, 0.3) is 0 Å². The smallest absolute Gasteiger partial charge is 0.344 e. The lowest BCUT2D eigenvalue weighted by Crippen LogP contribution is -2.54. The number of aliphatic hydroxyl groups excluding tert-OH is 1. The summed E-state index contributed by atoms with van der Waals surface area (Å²) in [6.07, 6.45) is -0.130. The Bertz CT molecular complexity index is 242. The van der Waals surface area contributed by atoms with Crippen molar-refractivity contribution in [2.45, 2.75) is 51.4 Å². The summed E-state index contributed by atoms with van der Waals surface area (Å²) >= 11 is 0. The fourth-order valence-electron chi connectivity index (χ4n) is 1.44. The van der Waals surface area contributed by atoms with Crippen LogP contribution in [0.2, 0.25) is 0 Å². The van der Waals surface area contributed by atoms with Gasteiger partial charge in [-0.25, -0.2) is 14.6 Å². The van der Waals surface area contributed by atoms with Crippen LogP contribution in [0.3, 0.4) is 0 Å². The van der Waals surface area contributed by atoms with Crippen molar-refractivity contribution in [3.05, 3.63) is 0 Å². The van der Waals surface area contributed by atoms with Gasteiger partial charge in [0.05, 0.1) is 6.10 Å². The van der Waals surface area contributed by atoms with Crippen molar-refractivity contribution in [3.63, 3.8) is 0 Å². The van der Waals surface area contributed by atoms with E-state index in [0.29, 0.717) is 6.42 Å². The van der Waals surface area contributed by atoms with Crippen LogP contribution < -0.4 is 0 Å². The third-order valence-corrected chi connectivity index (χ3v) is 2.16. The molecule has 88 valence electrons. The lowest BCUT2D eigenvalue weighted by Gasteiger charge is -2.37. The molecule has 1 fully saturated rings. The number of rotatable bonds is 4. The van der Waals surface area contributed by atoms with Crippen molar-refractivity contribution in [1.29, 1.82) is 0 Å². The topological polar surface area (TPSA) is 65.0 Å². The van der Waals surface area contributed by atoms with Crippen molar-refractivity contribution >= 4 is 5.97 Å². The van der Waals surface area contributed by atoms with Gasteiger partial charge in [-0.05, 0) is 27.7 Å². The quantitative estimate of drug-likeness (QED) is 0.558. The number of esters is 1.